The third kappa shape index (κ3) is 2.33. The summed E-state index contributed by atoms with van der Waals surface area (Å²) in [5.41, 5.74) is 0.905. The molecule has 5 heteroatoms. The molecule has 3 rings (SSSR count). The Morgan fingerprint density at radius 1 is 1.21 bits per heavy atom. The number of thioether (sulfide) groups is 1. The van der Waals surface area contributed by atoms with Crippen LogP contribution in [0.3, 0.4) is 0 Å². The second-order valence-corrected chi connectivity index (χ2v) is 5.24. The van der Waals surface area contributed by atoms with Crippen LogP contribution >= 0.6 is 11.8 Å². The Bertz CT molecular complexity index is 588. The van der Waals surface area contributed by atoms with Gasteiger partial charge < -0.3 is 0 Å². The van der Waals surface area contributed by atoms with Crippen molar-refractivity contribution >= 4 is 23.5 Å². The van der Waals surface area contributed by atoms with Crippen LogP contribution in [0.5, 0.6) is 0 Å². The van der Waals surface area contributed by atoms with E-state index in [1.165, 1.54) is 23.9 Å². The molecule has 1 amide bonds. The zero-order valence-corrected chi connectivity index (χ0v) is 10.8. The number of pyridine rings is 1. The molecule has 19 heavy (non-hydrogen) atoms. The van der Waals surface area contributed by atoms with Crippen LogP contribution in [0.15, 0.2) is 48.7 Å². The van der Waals surface area contributed by atoms with Gasteiger partial charge in [-0.05, 0) is 29.8 Å². The van der Waals surface area contributed by atoms with Crippen molar-refractivity contribution in [2.75, 3.05) is 10.7 Å². The van der Waals surface area contributed by atoms with Gasteiger partial charge in [-0.1, -0.05) is 18.2 Å². The van der Waals surface area contributed by atoms with Gasteiger partial charge in [-0.25, -0.2) is 9.37 Å². The van der Waals surface area contributed by atoms with Gasteiger partial charge in [0.2, 0.25) is 5.91 Å². The average molecular weight is 274 g/mol. The Balaban J connectivity index is 1.97. The SMILES string of the molecule is O=C1CSC(c2ccc(F)cc2)N1c1ccccn1. The van der Waals surface area contributed by atoms with E-state index in [4.69, 9.17) is 0 Å². The molecular formula is C14H11FN2OS. The number of hydrogen-bond acceptors (Lipinski definition) is 3. The number of amides is 1. The molecule has 0 saturated carbocycles. The maximum absolute atomic E-state index is 13.0. The van der Waals surface area contributed by atoms with Crippen molar-refractivity contribution in [1.82, 2.24) is 4.98 Å². The van der Waals surface area contributed by atoms with Gasteiger partial charge in [0.25, 0.3) is 0 Å². The number of halogens is 1. The van der Waals surface area contributed by atoms with Crippen molar-refractivity contribution in [2.24, 2.45) is 0 Å². The minimum atomic E-state index is -0.276. The first-order valence-corrected chi connectivity index (χ1v) is 6.91. The molecule has 96 valence electrons. The Morgan fingerprint density at radius 3 is 2.68 bits per heavy atom. The van der Waals surface area contributed by atoms with Crippen LogP contribution in [-0.2, 0) is 4.79 Å². The van der Waals surface area contributed by atoms with E-state index in [1.807, 2.05) is 12.1 Å². The summed E-state index contributed by atoms with van der Waals surface area (Å²) in [5, 5.41) is -0.136. The highest BCUT2D eigenvalue weighted by Gasteiger charge is 2.34. The van der Waals surface area contributed by atoms with Crippen LogP contribution < -0.4 is 4.90 Å². The number of carbonyl (C=O) groups excluding carboxylic acids is 1. The Kier molecular flexibility index (Phi) is 3.21. The molecule has 1 fully saturated rings. The number of carbonyl (C=O) groups is 1. The third-order valence-corrected chi connectivity index (χ3v) is 4.13. The summed E-state index contributed by atoms with van der Waals surface area (Å²) in [5.74, 6) is 0.797. The molecule has 2 aromatic rings. The second kappa shape index (κ2) is 5.01. The summed E-state index contributed by atoms with van der Waals surface area (Å²) in [6, 6.07) is 11.7. The predicted octanol–water partition coefficient (Wildman–Crippen LogP) is 3.00. The number of anilines is 1. The van der Waals surface area contributed by atoms with E-state index >= 15 is 0 Å². The normalized spacial score (nSPS) is 18.9. The summed E-state index contributed by atoms with van der Waals surface area (Å²) < 4.78 is 13.0. The van der Waals surface area contributed by atoms with Crippen molar-refractivity contribution in [2.45, 2.75) is 5.37 Å². The number of hydrogen-bond donors (Lipinski definition) is 0. The first-order valence-electron chi connectivity index (χ1n) is 5.86. The highest BCUT2D eigenvalue weighted by atomic mass is 32.2. The van der Waals surface area contributed by atoms with Crippen LogP contribution in [0.2, 0.25) is 0 Å². The lowest BCUT2D eigenvalue weighted by atomic mass is 10.2. The lowest BCUT2D eigenvalue weighted by Crippen LogP contribution is -2.28. The van der Waals surface area contributed by atoms with Crippen molar-refractivity contribution < 1.29 is 9.18 Å². The maximum Gasteiger partial charge on any atom is 0.239 e. The smallest absolute Gasteiger partial charge is 0.239 e. The van der Waals surface area contributed by atoms with Crippen LogP contribution in [0, 0.1) is 5.82 Å². The van der Waals surface area contributed by atoms with Crippen LogP contribution in [0.1, 0.15) is 10.9 Å². The lowest BCUT2D eigenvalue weighted by Gasteiger charge is -2.23. The highest BCUT2D eigenvalue weighted by molar-refractivity contribution is 8.00. The fourth-order valence-electron chi connectivity index (χ4n) is 2.04. The number of aromatic nitrogens is 1. The standard InChI is InChI=1S/C14H11FN2OS/c15-11-6-4-10(5-7-11)14-17(13(18)9-19-14)12-3-1-2-8-16-12/h1-8,14H,9H2. The summed E-state index contributed by atoms with van der Waals surface area (Å²) in [4.78, 5) is 17.9. The Hall–Kier alpha value is -1.88. The van der Waals surface area contributed by atoms with Crippen molar-refractivity contribution in [3.05, 3.63) is 60.0 Å². The van der Waals surface area contributed by atoms with E-state index in [0.717, 1.165) is 5.56 Å². The minimum absolute atomic E-state index is 0.0259. The van der Waals surface area contributed by atoms with Crippen molar-refractivity contribution in [1.29, 1.82) is 0 Å². The largest absolute Gasteiger partial charge is 0.279 e. The summed E-state index contributed by atoms with van der Waals surface area (Å²) in [6.07, 6.45) is 1.66. The molecule has 1 saturated heterocycles. The maximum atomic E-state index is 13.0. The minimum Gasteiger partial charge on any atom is -0.279 e. The highest BCUT2D eigenvalue weighted by Crippen LogP contribution is 2.40. The van der Waals surface area contributed by atoms with Crippen LogP contribution in [0.25, 0.3) is 0 Å². The van der Waals surface area contributed by atoms with E-state index in [2.05, 4.69) is 4.98 Å². The van der Waals surface area contributed by atoms with Gasteiger partial charge in [-0.2, -0.15) is 0 Å². The molecule has 2 heterocycles. The Labute approximate surface area is 114 Å². The van der Waals surface area contributed by atoms with E-state index in [-0.39, 0.29) is 17.1 Å². The summed E-state index contributed by atoms with van der Waals surface area (Å²) in [6.45, 7) is 0. The van der Waals surface area contributed by atoms with E-state index < -0.39 is 0 Å². The number of benzene rings is 1. The number of rotatable bonds is 2. The number of nitrogens with zero attached hydrogens (tertiary/aromatic N) is 2. The fraction of sp³-hybridized carbons (Fsp3) is 0.143. The molecule has 0 aliphatic carbocycles. The van der Waals surface area contributed by atoms with Gasteiger partial charge in [-0.15, -0.1) is 11.8 Å². The fourth-order valence-corrected chi connectivity index (χ4v) is 3.21. The van der Waals surface area contributed by atoms with Crippen molar-refractivity contribution in [3.63, 3.8) is 0 Å². The monoisotopic (exact) mass is 274 g/mol. The van der Waals surface area contributed by atoms with Crippen LogP contribution in [-0.4, -0.2) is 16.6 Å². The zero-order valence-electron chi connectivity index (χ0n) is 9.99. The molecule has 0 bridgehead atoms. The quantitative estimate of drug-likeness (QED) is 0.844. The third-order valence-electron chi connectivity index (χ3n) is 2.92. The molecule has 0 spiro atoms. The molecule has 0 radical (unpaired) electrons. The van der Waals surface area contributed by atoms with E-state index in [1.54, 1.807) is 29.3 Å². The van der Waals surface area contributed by atoms with Gasteiger partial charge in [0.15, 0.2) is 0 Å². The predicted molar refractivity (Wildman–Crippen MR) is 73.3 cm³/mol. The van der Waals surface area contributed by atoms with Gasteiger partial charge >= 0.3 is 0 Å². The van der Waals surface area contributed by atoms with Gasteiger partial charge in [0, 0.05) is 6.20 Å². The Morgan fingerprint density at radius 2 is 2.00 bits per heavy atom. The molecule has 1 atom stereocenters. The second-order valence-electron chi connectivity index (χ2n) is 4.17. The van der Waals surface area contributed by atoms with E-state index in [9.17, 15) is 9.18 Å². The zero-order chi connectivity index (χ0) is 13.2. The molecule has 1 aliphatic heterocycles. The molecule has 3 nitrogen and oxygen atoms in total. The van der Waals surface area contributed by atoms with Gasteiger partial charge in [-0.3, -0.25) is 9.69 Å². The first-order chi connectivity index (χ1) is 9.25. The average Bonchev–Trinajstić information content (AvgIpc) is 2.82. The van der Waals surface area contributed by atoms with Crippen LogP contribution in [0.4, 0.5) is 10.2 Å². The van der Waals surface area contributed by atoms with E-state index in [0.29, 0.717) is 11.6 Å². The molecular weight excluding hydrogens is 263 g/mol. The first kappa shape index (κ1) is 12.2. The van der Waals surface area contributed by atoms with Crippen molar-refractivity contribution in [3.8, 4) is 0 Å². The molecule has 0 N–H and O–H groups in total. The van der Waals surface area contributed by atoms with Gasteiger partial charge in [0.05, 0.1) is 5.75 Å². The molecule has 1 aliphatic rings. The summed E-state index contributed by atoms with van der Waals surface area (Å²) >= 11 is 1.53. The summed E-state index contributed by atoms with van der Waals surface area (Å²) in [7, 11) is 0. The lowest BCUT2D eigenvalue weighted by molar-refractivity contribution is -0.115. The molecule has 1 aromatic heterocycles. The topological polar surface area (TPSA) is 33.2 Å². The molecule has 1 unspecified atom stereocenters. The van der Waals surface area contributed by atoms with Gasteiger partial charge in [0.1, 0.15) is 17.0 Å². The molecule has 1 aromatic carbocycles.